The quantitative estimate of drug-likeness (QED) is 0.675. The molecule has 1 aliphatic rings. The number of hydrogen-bond donors (Lipinski definition) is 2. The molecule has 5 nitrogen and oxygen atoms in total. The third-order valence-corrected chi connectivity index (χ3v) is 3.27. The molecular weight excluding hydrogens is 242 g/mol. The van der Waals surface area contributed by atoms with E-state index in [-0.39, 0.29) is 6.10 Å². The van der Waals surface area contributed by atoms with E-state index in [1.54, 1.807) is 6.20 Å². The lowest BCUT2D eigenvalue weighted by atomic mass is 10.2. The Hall–Kier alpha value is -1.01. The molecule has 1 aliphatic heterocycles. The first-order chi connectivity index (χ1) is 9.34. The van der Waals surface area contributed by atoms with Gasteiger partial charge in [-0.2, -0.15) is 0 Å². The van der Waals surface area contributed by atoms with E-state index in [9.17, 15) is 5.11 Å². The summed E-state index contributed by atoms with van der Waals surface area (Å²) in [7, 11) is 0. The first-order valence-electron chi connectivity index (χ1n) is 6.92. The highest BCUT2D eigenvalue weighted by molar-refractivity contribution is 5.08. The average Bonchev–Trinajstić information content (AvgIpc) is 2.46. The summed E-state index contributed by atoms with van der Waals surface area (Å²) in [6, 6.07) is 4.02. The van der Waals surface area contributed by atoms with Crippen LogP contribution in [0.5, 0.6) is 0 Å². The van der Waals surface area contributed by atoms with Gasteiger partial charge in [0.25, 0.3) is 0 Å². The molecule has 2 rings (SSSR count). The molecule has 5 heteroatoms. The number of morpholine rings is 1. The van der Waals surface area contributed by atoms with Crippen LogP contribution in [0.4, 0.5) is 0 Å². The molecule has 19 heavy (non-hydrogen) atoms. The second-order valence-corrected chi connectivity index (χ2v) is 4.88. The van der Waals surface area contributed by atoms with Crippen LogP contribution in [0.15, 0.2) is 24.5 Å². The molecule has 0 amide bonds. The summed E-state index contributed by atoms with van der Waals surface area (Å²) in [6.07, 6.45) is 4.29. The molecule has 0 aromatic carbocycles. The van der Waals surface area contributed by atoms with Crippen molar-refractivity contribution in [2.45, 2.75) is 12.5 Å². The van der Waals surface area contributed by atoms with Crippen LogP contribution < -0.4 is 5.32 Å². The van der Waals surface area contributed by atoms with Gasteiger partial charge in [-0.3, -0.25) is 9.88 Å². The number of nitrogens with zero attached hydrogens (tertiary/aromatic N) is 2. The number of ether oxygens (including phenoxy) is 1. The molecule has 0 bridgehead atoms. The van der Waals surface area contributed by atoms with Gasteiger partial charge >= 0.3 is 0 Å². The highest BCUT2D eigenvalue weighted by atomic mass is 16.5. The standard InChI is InChI=1S/C14H23N3O2/c18-14(12-17-6-8-19-9-7-17)11-16-5-3-13-2-1-4-15-10-13/h1-2,4,10,14,16,18H,3,5-9,11-12H2. The SMILES string of the molecule is OC(CNCCc1cccnc1)CN1CCOCC1. The van der Waals surface area contributed by atoms with E-state index in [0.717, 1.165) is 45.8 Å². The van der Waals surface area contributed by atoms with Gasteiger partial charge in [-0.05, 0) is 24.6 Å². The van der Waals surface area contributed by atoms with Gasteiger partial charge in [-0.1, -0.05) is 6.07 Å². The summed E-state index contributed by atoms with van der Waals surface area (Å²) in [5.41, 5.74) is 1.22. The Morgan fingerprint density at radius 3 is 3.00 bits per heavy atom. The van der Waals surface area contributed by atoms with Gasteiger partial charge in [0, 0.05) is 38.6 Å². The second-order valence-electron chi connectivity index (χ2n) is 4.88. The Labute approximate surface area is 114 Å². The van der Waals surface area contributed by atoms with E-state index in [1.807, 2.05) is 12.3 Å². The van der Waals surface area contributed by atoms with Crippen molar-refractivity contribution in [1.29, 1.82) is 0 Å². The zero-order valence-corrected chi connectivity index (χ0v) is 11.3. The van der Waals surface area contributed by atoms with Crippen LogP contribution in [0.25, 0.3) is 0 Å². The third-order valence-electron chi connectivity index (χ3n) is 3.27. The van der Waals surface area contributed by atoms with Crippen LogP contribution in [0.3, 0.4) is 0 Å². The van der Waals surface area contributed by atoms with E-state index in [4.69, 9.17) is 4.74 Å². The molecule has 1 aromatic rings. The van der Waals surface area contributed by atoms with Gasteiger partial charge in [0.15, 0.2) is 0 Å². The van der Waals surface area contributed by atoms with Crippen molar-refractivity contribution in [1.82, 2.24) is 15.2 Å². The monoisotopic (exact) mass is 265 g/mol. The van der Waals surface area contributed by atoms with Crippen molar-refractivity contribution in [3.8, 4) is 0 Å². The Bertz CT molecular complexity index is 342. The minimum absolute atomic E-state index is 0.313. The average molecular weight is 265 g/mol. The Morgan fingerprint density at radius 1 is 1.42 bits per heavy atom. The number of pyridine rings is 1. The molecule has 2 heterocycles. The first-order valence-corrected chi connectivity index (χ1v) is 6.92. The maximum atomic E-state index is 9.94. The number of nitrogens with one attached hydrogen (secondary N) is 1. The van der Waals surface area contributed by atoms with Crippen LogP contribution in [0.2, 0.25) is 0 Å². The number of aliphatic hydroxyl groups is 1. The maximum Gasteiger partial charge on any atom is 0.0791 e. The molecular formula is C14H23N3O2. The molecule has 1 fully saturated rings. The van der Waals surface area contributed by atoms with E-state index < -0.39 is 0 Å². The van der Waals surface area contributed by atoms with Crippen molar-refractivity contribution in [2.75, 3.05) is 45.9 Å². The fourth-order valence-electron chi connectivity index (χ4n) is 2.19. The fraction of sp³-hybridized carbons (Fsp3) is 0.643. The van der Waals surface area contributed by atoms with Crippen molar-refractivity contribution < 1.29 is 9.84 Å². The fourth-order valence-corrected chi connectivity index (χ4v) is 2.19. The second kappa shape index (κ2) is 8.22. The Kier molecular flexibility index (Phi) is 6.23. The Balaban J connectivity index is 1.55. The molecule has 1 aromatic heterocycles. The van der Waals surface area contributed by atoms with Crippen LogP contribution in [-0.2, 0) is 11.2 Å². The maximum absolute atomic E-state index is 9.94. The molecule has 0 aliphatic carbocycles. The van der Waals surface area contributed by atoms with Crippen molar-refractivity contribution in [2.24, 2.45) is 0 Å². The van der Waals surface area contributed by atoms with Crippen LogP contribution in [-0.4, -0.2) is 67.0 Å². The molecule has 0 spiro atoms. The lowest BCUT2D eigenvalue weighted by Crippen LogP contribution is -2.43. The van der Waals surface area contributed by atoms with Gasteiger partial charge in [0.2, 0.25) is 0 Å². The van der Waals surface area contributed by atoms with Gasteiger partial charge in [-0.15, -0.1) is 0 Å². The van der Waals surface area contributed by atoms with Gasteiger partial charge < -0.3 is 15.2 Å². The largest absolute Gasteiger partial charge is 0.390 e. The molecule has 1 saturated heterocycles. The summed E-state index contributed by atoms with van der Waals surface area (Å²) in [6.45, 7) is 5.63. The summed E-state index contributed by atoms with van der Waals surface area (Å²) in [5, 5.41) is 13.2. The molecule has 106 valence electrons. The van der Waals surface area contributed by atoms with Gasteiger partial charge in [-0.25, -0.2) is 0 Å². The number of rotatable bonds is 7. The summed E-state index contributed by atoms with van der Waals surface area (Å²) in [5.74, 6) is 0. The zero-order valence-electron chi connectivity index (χ0n) is 11.3. The number of β-amino-alcohol motifs (C(OH)–C–C–N with tert-alkyl or cyclic N) is 1. The van der Waals surface area contributed by atoms with Gasteiger partial charge in [0.1, 0.15) is 0 Å². The van der Waals surface area contributed by atoms with Gasteiger partial charge in [0.05, 0.1) is 19.3 Å². The minimum atomic E-state index is -0.313. The lowest BCUT2D eigenvalue weighted by molar-refractivity contribution is 0.0150. The number of aromatic nitrogens is 1. The van der Waals surface area contributed by atoms with Crippen molar-refractivity contribution in [3.63, 3.8) is 0 Å². The Morgan fingerprint density at radius 2 is 2.26 bits per heavy atom. The zero-order chi connectivity index (χ0) is 13.3. The highest BCUT2D eigenvalue weighted by Gasteiger charge is 2.14. The summed E-state index contributed by atoms with van der Waals surface area (Å²) >= 11 is 0. The van der Waals surface area contributed by atoms with E-state index in [1.165, 1.54) is 5.56 Å². The first kappa shape index (κ1) is 14.4. The van der Waals surface area contributed by atoms with Crippen LogP contribution in [0.1, 0.15) is 5.56 Å². The predicted molar refractivity (Wildman–Crippen MR) is 74.1 cm³/mol. The summed E-state index contributed by atoms with van der Waals surface area (Å²) in [4.78, 5) is 6.33. The highest BCUT2D eigenvalue weighted by Crippen LogP contribution is 1.99. The molecule has 1 atom stereocenters. The van der Waals surface area contributed by atoms with E-state index in [2.05, 4.69) is 21.3 Å². The van der Waals surface area contributed by atoms with Crippen LogP contribution in [0, 0.1) is 0 Å². The van der Waals surface area contributed by atoms with Crippen LogP contribution >= 0.6 is 0 Å². The third kappa shape index (κ3) is 5.65. The normalized spacial score (nSPS) is 18.4. The summed E-state index contributed by atoms with van der Waals surface area (Å²) < 4.78 is 5.28. The minimum Gasteiger partial charge on any atom is -0.390 e. The topological polar surface area (TPSA) is 57.6 Å². The molecule has 0 radical (unpaired) electrons. The van der Waals surface area contributed by atoms with Crippen molar-refractivity contribution >= 4 is 0 Å². The number of aliphatic hydroxyl groups excluding tert-OH is 1. The molecule has 2 N–H and O–H groups in total. The number of hydrogen-bond acceptors (Lipinski definition) is 5. The van der Waals surface area contributed by atoms with E-state index >= 15 is 0 Å². The van der Waals surface area contributed by atoms with Crippen molar-refractivity contribution in [3.05, 3.63) is 30.1 Å². The predicted octanol–water partition coefficient (Wildman–Crippen LogP) is -0.0932. The molecule has 1 unspecified atom stereocenters. The molecule has 0 saturated carbocycles. The lowest BCUT2D eigenvalue weighted by Gasteiger charge is -2.28. The smallest absolute Gasteiger partial charge is 0.0791 e. The van der Waals surface area contributed by atoms with E-state index in [0.29, 0.717) is 6.54 Å².